The minimum atomic E-state index is -0.400. The number of hydrogen-bond donors (Lipinski definition) is 0. The molecule has 0 N–H and O–H groups in total. The summed E-state index contributed by atoms with van der Waals surface area (Å²) < 4.78 is 0. The van der Waals surface area contributed by atoms with Crippen molar-refractivity contribution in [2.24, 2.45) is 22.2 Å². The van der Waals surface area contributed by atoms with E-state index in [0.29, 0.717) is 11.3 Å². The van der Waals surface area contributed by atoms with Gasteiger partial charge in [-0.05, 0) is 36.5 Å². The molecule has 2 atom stereocenters. The van der Waals surface area contributed by atoms with E-state index in [1.807, 2.05) is 0 Å². The summed E-state index contributed by atoms with van der Waals surface area (Å²) in [5, 5.41) is 0. The van der Waals surface area contributed by atoms with Gasteiger partial charge in [-0.25, -0.2) is 0 Å². The average molecular weight is 256 g/mol. The molecule has 0 radical (unpaired) electrons. The summed E-state index contributed by atoms with van der Waals surface area (Å²) in [6, 6.07) is 0. The van der Waals surface area contributed by atoms with Crippen LogP contribution in [0.1, 0.15) is 75.2 Å². The summed E-state index contributed by atoms with van der Waals surface area (Å²) >= 11 is 0. The van der Waals surface area contributed by atoms with Crippen molar-refractivity contribution in [2.45, 2.75) is 80.9 Å². The van der Waals surface area contributed by atoms with Crippen molar-refractivity contribution < 1.29 is 9.78 Å². The summed E-state index contributed by atoms with van der Waals surface area (Å²) in [4.78, 5) is 10.6. The SMILES string of the molecule is CC(CCC(C)(C(C)(C)C)C1(C)OO1)C(C)(C)C. The van der Waals surface area contributed by atoms with E-state index in [0.717, 1.165) is 6.42 Å². The second kappa shape index (κ2) is 4.49. The molecule has 2 unspecified atom stereocenters. The van der Waals surface area contributed by atoms with Gasteiger partial charge in [-0.3, -0.25) is 0 Å². The third kappa shape index (κ3) is 2.91. The average Bonchev–Trinajstić information content (AvgIpc) is 2.90. The van der Waals surface area contributed by atoms with Crippen molar-refractivity contribution >= 4 is 0 Å². The lowest BCUT2D eigenvalue weighted by Gasteiger charge is -2.44. The second-order valence-corrected chi connectivity index (χ2v) is 8.50. The first kappa shape index (κ1) is 16.0. The van der Waals surface area contributed by atoms with Crippen molar-refractivity contribution in [3.63, 3.8) is 0 Å². The molecule has 1 heterocycles. The van der Waals surface area contributed by atoms with Crippen LogP contribution < -0.4 is 0 Å². The highest BCUT2D eigenvalue weighted by atomic mass is 17.4. The highest BCUT2D eigenvalue weighted by Gasteiger charge is 2.63. The van der Waals surface area contributed by atoms with Crippen LogP contribution in [0.5, 0.6) is 0 Å². The molecule has 18 heavy (non-hydrogen) atoms. The van der Waals surface area contributed by atoms with Crippen LogP contribution in [0.2, 0.25) is 0 Å². The molecule has 0 aromatic rings. The molecule has 0 bridgehead atoms. The van der Waals surface area contributed by atoms with Crippen molar-refractivity contribution in [1.82, 2.24) is 0 Å². The second-order valence-electron chi connectivity index (χ2n) is 8.50. The van der Waals surface area contributed by atoms with Crippen LogP contribution in [-0.2, 0) is 9.78 Å². The lowest BCUT2D eigenvalue weighted by molar-refractivity contribution is -0.00683. The Morgan fingerprint density at radius 3 is 1.67 bits per heavy atom. The Balaban J connectivity index is 2.77. The minimum absolute atomic E-state index is 0.0412. The van der Waals surface area contributed by atoms with E-state index in [-0.39, 0.29) is 10.8 Å². The molecule has 108 valence electrons. The van der Waals surface area contributed by atoms with E-state index in [1.54, 1.807) is 0 Å². The molecular weight excluding hydrogens is 224 g/mol. The minimum Gasteiger partial charge on any atom is -0.195 e. The third-order valence-electron chi connectivity index (χ3n) is 5.55. The highest BCUT2D eigenvalue weighted by molar-refractivity contribution is 4.99. The largest absolute Gasteiger partial charge is 0.237 e. The van der Waals surface area contributed by atoms with E-state index in [2.05, 4.69) is 62.3 Å². The fourth-order valence-electron chi connectivity index (χ4n) is 2.47. The lowest BCUT2D eigenvalue weighted by Crippen LogP contribution is -2.44. The van der Waals surface area contributed by atoms with Gasteiger partial charge in [-0.15, -0.1) is 0 Å². The summed E-state index contributed by atoms with van der Waals surface area (Å²) in [5.74, 6) is 0.296. The van der Waals surface area contributed by atoms with Crippen LogP contribution >= 0.6 is 0 Å². The van der Waals surface area contributed by atoms with Crippen LogP contribution in [0, 0.1) is 22.2 Å². The molecule has 0 saturated carbocycles. The van der Waals surface area contributed by atoms with Gasteiger partial charge in [0.1, 0.15) is 0 Å². The normalized spacial score (nSPS) is 24.5. The zero-order chi connectivity index (χ0) is 14.4. The van der Waals surface area contributed by atoms with E-state index >= 15 is 0 Å². The molecule has 0 aliphatic carbocycles. The molecule has 1 saturated heterocycles. The van der Waals surface area contributed by atoms with Gasteiger partial charge in [0.25, 0.3) is 0 Å². The van der Waals surface area contributed by atoms with Crippen molar-refractivity contribution in [1.29, 1.82) is 0 Å². The van der Waals surface area contributed by atoms with Gasteiger partial charge in [0.05, 0.1) is 0 Å². The molecule has 2 nitrogen and oxygen atoms in total. The van der Waals surface area contributed by atoms with E-state index in [4.69, 9.17) is 9.78 Å². The van der Waals surface area contributed by atoms with Crippen molar-refractivity contribution in [3.8, 4) is 0 Å². The molecule has 1 rings (SSSR count). The lowest BCUT2D eigenvalue weighted by atomic mass is 9.60. The number of hydrogen-bond acceptors (Lipinski definition) is 2. The number of rotatable bonds is 4. The fraction of sp³-hybridized carbons (Fsp3) is 1.00. The summed E-state index contributed by atoms with van der Waals surface area (Å²) in [7, 11) is 0. The van der Waals surface area contributed by atoms with E-state index in [1.165, 1.54) is 6.42 Å². The van der Waals surface area contributed by atoms with Gasteiger partial charge in [0, 0.05) is 5.41 Å². The molecule has 0 aromatic heterocycles. The Bertz CT molecular complexity index is 284. The Hall–Kier alpha value is -0.0800. The molecule has 1 fully saturated rings. The summed E-state index contributed by atoms with van der Waals surface area (Å²) in [5.41, 5.74) is 0.570. The van der Waals surface area contributed by atoms with Crippen molar-refractivity contribution in [3.05, 3.63) is 0 Å². The smallest absolute Gasteiger partial charge is 0.195 e. The Kier molecular flexibility index (Phi) is 3.98. The molecule has 0 amide bonds. The quantitative estimate of drug-likeness (QED) is 0.511. The topological polar surface area (TPSA) is 25.1 Å². The van der Waals surface area contributed by atoms with Gasteiger partial charge in [0.2, 0.25) is 5.79 Å². The molecule has 1 aliphatic heterocycles. The standard InChI is InChI=1S/C16H32O2/c1-12(13(2,3)4)10-11-15(8,14(5,6)7)16(9)17-18-16/h12H,10-11H2,1-9H3. The van der Waals surface area contributed by atoms with Crippen LogP contribution in [0.25, 0.3) is 0 Å². The molecular formula is C16H32O2. The monoisotopic (exact) mass is 256 g/mol. The maximum atomic E-state index is 5.31. The zero-order valence-corrected chi connectivity index (χ0v) is 13.8. The Labute approximate surface area is 113 Å². The Morgan fingerprint density at radius 2 is 1.39 bits per heavy atom. The molecule has 0 aromatic carbocycles. The highest BCUT2D eigenvalue weighted by Crippen LogP contribution is 2.58. The molecule has 0 spiro atoms. The Morgan fingerprint density at radius 1 is 0.944 bits per heavy atom. The van der Waals surface area contributed by atoms with Gasteiger partial charge < -0.3 is 0 Å². The first-order valence-electron chi connectivity index (χ1n) is 7.20. The van der Waals surface area contributed by atoms with Gasteiger partial charge in [-0.2, -0.15) is 9.78 Å². The maximum Gasteiger partial charge on any atom is 0.237 e. The third-order valence-corrected chi connectivity index (χ3v) is 5.55. The van der Waals surface area contributed by atoms with Crippen molar-refractivity contribution in [2.75, 3.05) is 0 Å². The van der Waals surface area contributed by atoms with E-state index in [9.17, 15) is 0 Å². The van der Waals surface area contributed by atoms with Crippen LogP contribution in [0.3, 0.4) is 0 Å². The predicted molar refractivity (Wildman–Crippen MR) is 76.0 cm³/mol. The predicted octanol–water partition coefficient (Wildman–Crippen LogP) is 5.18. The van der Waals surface area contributed by atoms with Gasteiger partial charge in [0.15, 0.2) is 0 Å². The van der Waals surface area contributed by atoms with E-state index < -0.39 is 5.79 Å². The van der Waals surface area contributed by atoms with Crippen LogP contribution in [-0.4, -0.2) is 5.79 Å². The molecule has 1 aliphatic rings. The van der Waals surface area contributed by atoms with Crippen LogP contribution in [0.15, 0.2) is 0 Å². The maximum absolute atomic E-state index is 5.31. The molecule has 2 heteroatoms. The van der Waals surface area contributed by atoms with Gasteiger partial charge in [-0.1, -0.05) is 55.4 Å². The summed E-state index contributed by atoms with van der Waals surface area (Å²) in [6.45, 7) is 20.5. The fourth-order valence-corrected chi connectivity index (χ4v) is 2.47. The summed E-state index contributed by atoms with van der Waals surface area (Å²) in [6.07, 6.45) is 2.34. The zero-order valence-electron chi connectivity index (χ0n) is 13.8. The first-order chi connectivity index (χ1) is 7.83. The van der Waals surface area contributed by atoms with Gasteiger partial charge >= 0.3 is 0 Å². The van der Waals surface area contributed by atoms with Crippen LogP contribution in [0.4, 0.5) is 0 Å². The first-order valence-corrected chi connectivity index (χ1v) is 7.20.